The van der Waals surface area contributed by atoms with E-state index in [0.29, 0.717) is 19.0 Å². The maximum atomic E-state index is 13.3. The van der Waals surface area contributed by atoms with Gasteiger partial charge in [-0.2, -0.15) is 0 Å². The summed E-state index contributed by atoms with van der Waals surface area (Å²) in [6.07, 6.45) is 0. The first-order valence-corrected chi connectivity index (χ1v) is 9.22. The molecule has 144 valence electrons. The van der Waals surface area contributed by atoms with Gasteiger partial charge in [0.05, 0.1) is 0 Å². The predicted molar refractivity (Wildman–Crippen MR) is 104 cm³/mol. The van der Waals surface area contributed by atoms with Crippen LogP contribution in [0, 0.1) is 18.6 Å². The highest BCUT2D eigenvalue weighted by molar-refractivity contribution is 5.89. The molecule has 2 aromatic carbocycles. The Balaban J connectivity index is 1.65. The summed E-state index contributed by atoms with van der Waals surface area (Å²) in [6, 6.07) is 9.42. The van der Waals surface area contributed by atoms with E-state index in [4.69, 9.17) is 0 Å². The van der Waals surface area contributed by atoms with Crippen LogP contribution in [0.1, 0.15) is 30.9 Å². The topological polar surface area (TPSA) is 35.6 Å². The van der Waals surface area contributed by atoms with Crippen molar-refractivity contribution in [3.8, 4) is 0 Å². The molecular weight excluding hydrogens is 348 g/mol. The Morgan fingerprint density at radius 1 is 1.04 bits per heavy atom. The van der Waals surface area contributed by atoms with Crippen molar-refractivity contribution in [3.63, 3.8) is 0 Å². The van der Waals surface area contributed by atoms with Gasteiger partial charge in [0.15, 0.2) is 11.6 Å². The summed E-state index contributed by atoms with van der Waals surface area (Å²) in [5, 5.41) is 2.64. The zero-order valence-corrected chi connectivity index (χ0v) is 15.9. The second-order valence-electron chi connectivity index (χ2n) is 7.20. The molecule has 2 aromatic rings. The number of urea groups is 1. The number of piperazine rings is 1. The number of carbonyl (C=O) groups is 1. The molecule has 1 N–H and O–H groups in total. The highest BCUT2D eigenvalue weighted by atomic mass is 19.2. The number of nitrogens with zero attached hydrogens (tertiary/aromatic N) is 2. The largest absolute Gasteiger partial charge is 0.368 e. The van der Waals surface area contributed by atoms with Crippen LogP contribution in [0.15, 0.2) is 36.4 Å². The third kappa shape index (κ3) is 4.21. The van der Waals surface area contributed by atoms with Crippen LogP contribution in [0.5, 0.6) is 0 Å². The Kier molecular flexibility index (Phi) is 5.63. The molecule has 27 heavy (non-hydrogen) atoms. The van der Waals surface area contributed by atoms with Crippen LogP contribution in [0.3, 0.4) is 0 Å². The molecule has 0 unspecified atom stereocenters. The molecule has 0 aromatic heterocycles. The molecule has 2 amide bonds. The molecule has 1 aliphatic rings. The van der Waals surface area contributed by atoms with Gasteiger partial charge < -0.3 is 15.1 Å². The quantitative estimate of drug-likeness (QED) is 0.843. The standard InChI is InChI=1S/C21H25F2N3O/c1-14(2)17-6-4-5-15(3)20(17)25-9-11-26(12-10-25)21(27)24-16-7-8-18(22)19(23)13-16/h4-8,13-14H,9-12H2,1-3H3,(H,24,27). The summed E-state index contributed by atoms with van der Waals surface area (Å²) >= 11 is 0. The minimum absolute atomic E-state index is 0.252. The highest BCUT2D eigenvalue weighted by Crippen LogP contribution is 2.31. The molecule has 1 aliphatic heterocycles. The zero-order chi connectivity index (χ0) is 19.6. The van der Waals surface area contributed by atoms with E-state index in [0.717, 1.165) is 25.2 Å². The number of carbonyl (C=O) groups excluding carboxylic acids is 1. The van der Waals surface area contributed by atoms with Crippen molar-refractivity contribution in [2.75, 3.05) is 36.4 Å². The van der Waals surface area contributed by atoms with E-state index in [1.165, 1.54) is 22.9 Å². The van der Waals surface area contributed by atoms with Crippen molar-refractivity contribution >= 4 is 17.4 Å². The molecule has 0 spiro atoms. The minimum Gasteiger partial charge on any atom is -0.368 e. The Bertz CT molecular complexity index is 830. The van der Waals surface area contributed by atoms with Gasteiger partial charge in [-0.1, -0.05) is 32.0 Å². The second kappa shape index (κ2) is 7.94. The molecular formula is C21H25F2N3O. The Morgan fingerprint density at radius 3 is 2.37 bits per heavy atom. The summed E-state index contributed by atoms with van der Waals surface area (Å²) < 4.78 is 26.3. The SMILES string of the molecule is Cc1cccc(C(C)C)c1N1CCN(C(=O)Nc2ccc(F)c(F)c2)CC1. The summed E-state index contributed by atoms with van der Waals surface area (Å²) in [5.41, 5.74) is 4.06. The molecule has 0 saturated carbocycles. The van der Waals surface area contributed by atoms with Gasteiger partial charge in [0.2, 0.25) is 0 Å². The number of anilines is 2. The molecule has 0 radical (unpaired) electrons. The maximum Gasteiger partial charge on any atom is 0.321 e. The van der Waals surface area contributed by atoms with E-state index in [2.05, 4.69) is 49.2 Å². The van der Waals surface area contributed by atoms with Gasteiger partial charge >= 0.3 is 6.03 Å². The van der Waals surface area contributed by atoms with Gasteiger partial charge in [0.1, 0.15) is 0 Å². The van der Waals surface area contributed by atoms with Crippen LogP contribution in [-0.4, -0.2) is 37.1 Å². The zero-order valence-electron chi connectivity index (χ0n) is 15.9. The van der Waals surface area contributed by atoms with Crippen molar-refractivity contribution in [1.29, 1.82) is 0 Å². The number of hydrogen-bond acceptors (Lipinski definition) is 2. The lowest BCUT2D eigenvalue weighted by molar-refractivity contribution is 0.208. The Hall–Kier alpha value is -2.63. The van der Waals surface area contributed by atoms with E-state index in [1.54, 1.807) is 4.90 Å². The average molecular weight is 373 g/mol. The molecule has 6 heteroatoms. The van der Waals surface area contributed by atoms with Crippen molar-refractivity contribution in [3.05, 3.63) is 59.2 Å². The molecule has 1 saturated heterocycles. The van der Waals surface area contributed by atoms with Crippen LogP contribution in [0.2, 0.25) is 0 Å². The fraction of sp³-hybridized carbons (Fsp3) is 0.381. The van der Waals surface area contributed by atoms with Crippen molar-refractivity contribution in [2.45, 2.75) is 26.7 Å². The third-order valence-electron chi connectivity index (χ3n) is 4.94. The van der Waals surface area contributed by atoms with Crippen LogP contribution < -0.4 is 10.2 Å². The lowest BCUT2D eigenvalue weighted by Crippen LogP contribution is -2.50. The fourth-order valence-electron chi connectivity index (χ4n) is 3.49. The van der Waals surface area contributed by atoms with E-state index in [-0.39, 0.29) is 11.7 Å². The summed E-state index contributed by atoms with van der Waals surface area (Å²) in [7, 11) is 0. The number of hydrogen-bond donors (Lipinski definition) is 1. The highest BCUT2D eigenvalue weighted by Gasteiger charge is 2.24. The van der Waals surface area contributed by atoms with Gasteiger partial charge in [-0.15, -0.1) is 0 Å². The fourth-order valence-corrected chi connectivity index (χ4v) is 3.49. The van der Waals surface area contributed by atoms with E-state index >= 15 is 0 Å². The first-order chi connectivity index (χ1) is 12.9. The van der Waals surface area contributed by atoms with Gasteiger partial charge in [-0.3, -0.25) is 0 Å². The maximum absolute atomic E-state index is 13.3. The Morgan fingerprint density at radius 2 is 1.74 bits per heavy atom. The summed E-state index contributed by atoms with van der Waals surface area (Å²) in [4.78, 5) is 16.5. The molecule has 0 aliphatic carbocycles. The van der Waals surface area contributed by atoms with Crippen LogP contribution in [0.4, 0.5) is 25.0 Å². The molecule has 0 bridgehead atoms. The van der Waals surface area contributed by atoms with E-state index in [1.807, 2.05) is 0 Å². The third-order valence-corrected chi connectivity index (χ3v) is 4.94. The monoisotopic (exact) mass is 373 g/mol. The van der Waals surface area contributed by atoms with Crippen molar-refractivity contribution in [1.82, 2.24) is 4.90 Å². The lowest BCUT2D eigenvalue weighted by Gasteiger charge is -2.38. The van der Waals surface area contributed by atoms with Crippen LogP contribution in [-0.2, 0) is 0 Å². The molecule has 4 nitrogen and oxygen atoms in total. The van der Waals surface area contributed by atoms with E-state index in [9.17, 15) is 13.6 Å². The number of aryl methyl sites for hydroxylation is 1. The molecule has 1 fully saturated rings. The second-order valence-corrected chi connectivity index (χ2v) is 7.20. The van der Waals surface area contributed by atoms with Gasteiger partial charge in [-0.25, -0.2) is 13.6 Å². The number of halogens is 2. The Labute approximate surface area is 158 Å². The predicted octanol–water partition coefficient (Wildman–Crippen LogP) is 4.75. The number of rotatable bonds is 3. The summed E-state index contributed by atoms with van der Waals surface area (Å²) in [5.74, 6) is -1.48. The number of nitrogens with one attached hydrogen (secondary N) is 1. The molecule has 0 atom stereocenters. The molecule has 3 rings (SSSR count). The smallest absolute Gasteiger partial charge is 0.321 e. The number of benzene rings is 2. The van der Waals surface area contributed by atoms with Gasteiger partial charge in [0, 0.05) is 43.6 Å². The van der Waals surface area contributed by atoms with E-state index < -0.39 is 11.6 Å². The van der Waals surface area contributed by atoms with Crippen LogP contribution >= 0.6 is 0 Å². The van der Waals surface area contributed by atoms with Gasteiger partial charge in [0.25, 0.3) is 0 Å². The lowest BCUT2D eigenvalue weighted by atomic mass is 9.97. The minimum atomic E-state index is -0.974. The first-order valence-electron chi connectivity index (χ1n) is 9.22. The molecule has 1 heterocycles. The summed E-state index contributed by atoms with van der Waals surface area (Å²) in [6.45, 7) is 9.09. The first kappa shape index (κ1) is 19.1. The number of para-hydroxylation sites is 1. The normalized spacial score (nSPS) is 14.6. The van der Waals surface area contributed by atoms with Gasteiger partial charge in [-0.05, 0) is 36.1 Å². The van der Waals surface area contributed by atoms with Crippen LogP contribution in [0.25, 0.3) is 0 Å². The average Bonchev–Trinajstić information content (AvgIpc) is 2.64. The van der Waals surface area contributed by atoms with Crippen molar-refractivity contribution < 1.29 is 13.6 Å². The van der Waals surface area contributed by atoms with Crippen molar-refractivity contribution in [2.24, 2.45) is 0 Å². The number of amides is 2.